The quantitative estimate of drug-likeness (QED) is 0.122. The van der Waals surface area contributed by atoms with Crippen molar-refractivity contribution in [1.82, 2.24) is 0 Å². The number of fused-ring (bicyclic) bond motifs is 1. The lowest BCUT2D eigenvalue weighted by Gasteiger charge is -2.48. The van der Waals surface area contributed by atoms with Crippen molar-refractivity contribution in [1.29, 1.82) is 0 Å². The molecule has 0 amide bonds. The molecule has 0 N–H and O–H groups in total. The topological polar surface area (TPSA) is 35.5 Å². The summed E-state index contributed by atoms with van der Waals surface area (Å²) in [4.78, 5) is 12.8. The van der Waals surface area contributed by atoms with Crippen molar-refractivity contribution >= 4 is 22.4 Å². The zero-order chi connectivity index (χ0) is 31.9. The molecule has 0 heterocycles. The Hall–Kier alpha value is -0.656. The second-order valence-corrected chi connectivity index (χ2v) is 24.4. The minimum atomic E-state index is -5.67. The average molecular weight is 631 g/mol. The number of allylic oxidation sites excluding steroid dienone is 1. The van der Waals surface area contributed by atoms with Crippen LogP contribution < -0.4 is 0 Å². The van der Waals surface area contributed by atoms with Crippen molar-refractivity contribution < 1.29 is 40.0 Å². The van der Waals surface area contributed by atoms with Crippen LogP contribution in [0, 0.1) is 22.7 Å². The summed E-state index contributed by atoms with van der Waals surface area (Å²) in [7, 11) is -5.10. The van der Waals surface area contributed by atoms with Crippen molar-refractivity contribution in [3.8, 4) is 0 Å². The molecule has 0 aromatic rings. The molecule has 11 heteroatoms. The van der Waals surface area contributed by atoms with Crippen LogP contribution in [0.25, 0.3) is 0 Å². The van der Waals surface area contributed by atoms with Crippen LogP contribution in [-0.2, 0) is 13.6 Å². The largest absolute Gasteiger partial charge is 0.429 e. The SMILES string of the molecule is CC(C)(CCC[C@@](C)(C/C=C/C(O[Si](C)(C)C)(C(F)(F)F)C(F)(F)F)C1CCC2C(=O)CCC[C@@]21C)O[Si](C)(C)C. The Bertz CT molecular complexity index is 934. The Morgan fingerprint density at radius 2 is 1.41 bits per heavy atom. The predicted molar refractivity (Wildman–Crippen MR) is 157 cm³/mol. The van der Waals surface area contributed by atoms with E-state index in [9.17, 15) is 31.1 Å². The van der Waals surface area contributed by atoms with Crippen molar-refractivity contribution in [3.63, 3.8) is 0 Å². The van der Waals surface area contributed by atoms with Crippen LogP contribution in [0.15, 0.2) is 12.2 Å². The highest BCUT2D eigenvalue weighted by atomic mass is 28.4. The highest BCUT2D eigenvalue weighted by Crippen LogP contribution is 2.62. The maximum atomic E-state index is 14.2. The molecule has 2 aliphatic rings. The molecule has 2 rings (SSSR count). The lowest BCUT2D eigenvalue weighted by atomic mass is 9.56. The third-order valence-electron chi connectivity index (χ3n) is 9.06. The number of halogens is 6. The van der Waals surface area contributed by atoms with E-state index in [0.717, 1.165) is 38.2 Å². The second kappa shape index (κ2) is 12.0. The molecule has 0 spiro atoms. The number of hydrogen-bond donors (Lipinski definition) is 0. The molecule has 4 atom stereocenters. The van der Waals surface area contributed by atoms with Gasteiger partial charge in [0.2, 0.25) is 0 Å². The van der Waals surface area contributed by atoms with Crippen LogP contribution in [0.3, 0.4) is 0 Å². The van der Waals surface area contributed by atoms with E-state index in [1.54, 1.807) is 0 Å². The van der Waals surface area contributed by atoms with E-state index >= 15 is 0 Å². The molecule has 2 unspecified atom stereocenters. The van der Waals surface area contributed by atoms with Crippen molar-refractivity contribution in [2.45, 2.75) is 148 Å². The summed E-state index contributed by atoms with van der Waals surface area (Å²) in [5.41, 5.74) is -5.67. The first-order chi connectivity index (χ1) is 18.2. The maximum absolute atomic E-state index is 14.2. The summed E-state index contributed by atoms with van der Waals surface area (Å²) in [6.45, 7) is 18.5. The summed E-state index contributed by atoms with van der Waals surface area (Å²) in [5.74, 6) is 0.135. The molecular weight excluding hydrogens is 578 g/mol. The number of Topliss-reactive ketones (excluding diaryl/α,β-unsaturated/α-hetero) is 1. The van der Waals surface area contributed by atoms with Crippen LogP contribution in [0.2, 0.25) is 39.3 Å². The number of alkyl halides is 6. The van der Waals surface area contributed by atoms with Crippen LogP contribution in [0.5, 0.6) is 0 Å². The van der Waals surface area contributed by atoms with E-state index in [1.807, 2.05) is 20.8 Å². The average Bonchev–Trinajstić information content (AvgIpc) is 3.07. The smallest absolute Gasteiger partial charge is 0.413 e. The highest BCUT2D eigenvalue weighted by Gasteiger charge is 2.71. The Morgan fingerprint density at radius 1 is 0.878 bits per heavy atom. The Morgan fingerprint density at radius 3 is 1.90 bits per heavy atom. The van der Waals surface area contributed by atoms with E-state index < -0.39 is 45.6 Å². The summed E-state index contributed by atoms with van der Waals surface area (Å²) in [6.07, 6.45) is -4.38. The molecule has 0 saturated heterocycles. The van der Waals surface area contributed by atoms with Crippen LogP contribution in [0.4, 0.5) is 26.3 Å². The molecule has 0 aromatic carbocycles. The van der Waals surface area contributed by atoms with Gasteiger partial charge in [0.05, 0.1) is 5.60 Å². The van der Waals surface area contributed by atoms with Gasteiger partial charge >= 0.3 is 12.4 Å². The lowest BCUT2D eigenvalue weighted by Crippen LogP contribution is -2.61. The van der Waals surface area contributed by atoms with Gasteiger partial charge in [-0.1, -0.05) is 26.3 Å². The Kier molecular flexibility index (Phi) is 10.7. The van der Waals surface area contributed by atoms with E-state index in [-0.39, 0.29) is 35.5 Å². The molecule has 0 aromatic heterocycles. The fourth-order valence-corrected chi connectivity index (χ4v) is 10.8. The molecule has 2 aliphatic carbocycles. The number of carbonyl (C=O) groups excluding carboxylic acids is 1. The second-order valence-electron chi connectivity index (χ2n) is 15.5. The molecular formula is C30H52F6O3Si2. The zero-order valence-electron chi connectivity index (χ0n) is 26.7. The van der Waals surface area contributed by atoms with E-state index in [2.05, 4.69) is 26.6 Å². The van der Waals surface area contributed by atoms with Gasteiger partial charge in [-0.2, -0.15) is 26.3 Å². The van der Waals surface area contributed by atoms with Crippen LogP contribution in [-0.4, -0.2) is 46.0 Å². The van der Waals surface area contributed by atoms with Gasteiger partial charge in [0.15, 0.2) is 16.6 Å². The van der Waals surface area contributed by atoms with Crippen molar-refractivity contribution in [3.05, 3.63) is 12.2 Å². The summed E-state index contributed by atoms with van der Waals surface area (Å²) >= 11 is 0. The third kappa shape index (κ3) is 8.72. The van der Waals surface area contributed by atoms with Crippen LogP contribution >= 0.6 is 0 Å². The maximum Gasteiger partial charge on any atom is 0.429 e. The molecule has 0 radical (unpaired) electrons. The van der Waals surface area contributed by atoms with Gasteiger partial charge in [0.25, 0.3) is 5.60 Å². The molecule has 240 valence electrons. The van der Waals surface area contributed by atoms with Gasteiger partial charge in [-0.3, -0.25) is 4.79 Å². The minimum absolute atomic E-state index is 0.000922. The Balaban J connectivity index is 2.48. The van der Waals surface area contributed by atoms with E-state index in [0.29, 0.717) is 19.3 Å². The van der Waals surface area contributed by atoms with E-state index in [1.165, 1.54) is 19.6 Å². The number of rotatable bonds is 12. The highest BCUT2D eigenvalue weighted by molar-refractivity contribution is 6.70. The monoisotopic (exact) mass is 630 g/mol. The first-order valence-corrected chi connectivity index (χ1v) is 21.7. The van der Waals surface area contributed by atoms with Crippen molar-refractivity contribution in [2.75, 3.05) is 0 Å². The number of hydrogen-bond acceptors (Lipinski definition) is 3. The fraction of sp³-hybridized carbons (Fsp3) is 0.900. The normalized spacial score (nSPS) is 26.9. The summed E-state index contributed by atoms with van der Waals surface area (Å²) in [5, 5.41) is 0. The molecule has 2 fully saturated rings. The summed E-state index contributed by atoms with van der Waals surface area (Å²) < 4.78 is 96.4. The third-order valence-corrected chi connectivity index (χ3v) is 11.2. The lowest BCUT2D eigenvalue weighted by molar-refractivity contribution is -0.340. The standard InChI is InChI=1S/C30H52F6O3Si2/c1-25(2,38-40(5,6)7)17-12-18-26(3,24-16-15-22-23(37)14-11-20-27(22,24)4)19-13-21-28(29(31,32)33,30(34,35)36)39-41(8,9)10/h13,21-22,24H,11-12,14-20H2,1-10H3/b21-13+/t22?,24?,26-,27-/m0/s1. The van der Waals surface area contributed by atoms with Gasteiger partial charge in [0, 0.05) is 12.3 Å². The number of carbonyl (C=O) groups is 1. The first kappa shape index (κ1) is 36.5. The molecule has 0 bridgehead atoms. The van der Waals surface area contributed by atoms with Crippen molar-refractivity contribution in [2.24, 2.45) is 22.7 Å². The molecule has 2 saturated carbocycles. The molecule has 0 aliphatic heterocycles. The zero-order valence-corrected chi connectivity index (χ0v) is 28.7. The van der Waals surface area contributed by atoms with Gasteiger partial charge < -0.3 is 8.85 Å². The van der Waals surface area contributed by atoms with Gasteiger partial charge in [0.1, 0.15) is 5.78 Å². The van der Waals surface area contributed by atoms with Gasteiger partial charge in [-0.25, -0.2) is 0 Å². The first-order valence-electron chi connectivity index (χ1n) is 14.9. The Labute approximate surface area is 245 Å². The van der Waals surface area contributed by atoms with Gasteiger partial charge in [-0.05, 0) is 121 Å². The minimum Gasteiger partial charge on any atom is -0.413 e. The van der Waals surface area contributed by atoms with E-state index in [4.69, 9.17) is 8.85 Å². The fourth-order valence-electron chi connectivity index (χ4n) is 7.77. The van der Waals surface area contributed by atoms with Gasteiger partial charge in [-0.15, -0.1) is 0 Å². The number of ketones is 1. The summed E-state index contributed by atoms with van der Waals surface area (Å²) in [6, 6.07) is 0. The van der Waals surface area contributed by atoms with Crippen LogP contribution in [0.1, 0.15) is 85.5 Å². The predicted octanol–water partition coefficient (Wildman–Crippen LogP) is 10.2. The molecule has 41 heavy (non-hydrogen) atoms. The molecule has 3 nitrogen and oxygen atoms in total.